The van der Waals surface area contributed by atoms with Gasteiger partial charge >= 0.3 is 0 Å². The summed E-state index contributed by atoms with van der Waals surface area (Å²) in [6, 6.07) is 71.9. The van der Waals surface area contributed by atoms with Crippen molar-refractivity contribution in [1.29, 1.82) is 0 Å². The van der Waals surface area contributed by atoms with Crippen molar-refractivity contribution >= 4 is 0 Å². The van der Waals surface area contributed by atoms with Crippen LogP contribution in [0.4, 0.5) is 0 Å². The molecule has 0 unspecified atom stereocenters. The Morgan fingerprint density at radius 1 is 0.407 bits per heavy atom. The predicted molar refractivity (Wildman–Crippen MR) is 323 cm³/mol. The van der Waals surface area contributed by atoms with Crippen molar-refractivity contribution in [2.45, 2.75) is 0 Å². The van der Waals surface area contributed by atoms with Crippen molar-refractivity contribution in [3.63, 3.8) is 0 Å². The van der Waals surface area contributed by atoms with Crippen LogP contribution in [0, 0.1) is 24.8 Å². The molecular formula is C69H59IrN8O8-3. The minimum absolute atomic E-state index is 0. The summed E-state index contributed by atoms with van der Waals surface area (Å²) in [5.41, 5.74) is 12.3. The zero-order chi connectivity index (χ0) is 59.1. The van der Waals surface area contributed by atoms with Crippen molar-refractivity contribution in [2.24, 2.45) is 0 Å². The fourth-order valence-corrected chi connectivity index (χ4v) is 9.49. The van der Waals surface area contributed by atoms with E-state index < -0.39 is 0 Å². The number of nitrogens with zero attached hydrogens (tertiary/aromatic N) is 8. The van der Waals surface area contributed by atoms with E-state index in [-0.39, 0.29) is 20.1 Å². The van der Waals surface area contributed by atoms with Crippen LogP contribution in [0.15, 0.2) is 213 Å². The molecule has 4 aromatic heterocycles. The van der Waals surface area contributed by atoms with E-state index in [0.29, 0.717) is 63.1 Å². The second-order valence-electron chi connectivity index (χ2n) is 18.4. The van der Waals surface area contributed by atoms with Gasteiger partial charge in [-0.1, -0.05) is 146 Å². The van der Waals surface area contributed by atoms with Crippen molar-refractivity contribution in [2.75, 3.05) is 56.9 Å². The smallest absolute Gasteiger partial charge is 0.268 e. The Balaban J connectivity index is 0.000000172. The third-order valence-corrected chi connectivity index (χ3v) is 13.6. The molecule has 0 saturated heterocycles. The third kappa shape index (κ3) is 13.0. The molecule has 12 aromatic rings. The van der Waals surface area contributed by atoms with Gasteiger partial charge in [-0.3, -0.25) is 19.3 Å². The Labute approximate surface area is 513 Å². The van der Waals surface area contributed by atoms with Crippen molar-refractivity contribution in [1.82, 2.24) is 29.5 Å². The van der Waals surface area contributed by atoms with Gasteiger partial charge in [-0.05, 0) is 75.7 Å². The molecule has 8 aromatic carbocycles. The first kappa shape index (κ1) is 60.1. The quantitative estimate of drug-likeness (QED) is 0.0632. The van der Waals surface area contributed by atoms with Crippen LogP contribution in [0.3, 0.4) is 0 Å². The molecule has 0 bridgehead atoms. The Morgan fingerprint density at radius 2 is 0.791 bits per heavy atom. The summed E-state index contributed by atoms with van der Waals surface area (Å²) in [6.07, 6.45) is 10.4. The van der Waals surface area contributed by atoms with Gasteiger partial charge in [-0.15, -0.1) is 12.1 Å². The third-order valence-electron chi connectivity index (χ3n) is 13.6. The maximum absolute atomic E-state index is 5.79. The second kappa shape index (κ2) is 28.7. The Bertz CT molecular complexity index is 3660. The van der Waals surface area contributed by atoms with E-state index in [1.54, 1.807) is 81.4 Å². The Morgan fingerprint density at radius 3 is 1.14 bits per heavy atom. The number of pyridine rings is 1. The standard InChI is InChI=1S/2C31H27N2O4.C7H5N4.Ir/c2*1-34-24-15-17-26(28(19-24)36-3)32-21-33(27-18-16-25(35-2)20-29(27)37-4)31(23-13-9-6-10-14-23)30(32)22-11-7-5-8-12-22;1-2-4-8-6(3-1)7-5-9-11-10-7;/h2*5-17,19-20H,1-4H3;1-5H;/q3*-1;. The molecule has 0 amide bonds. The molecule has 0 saturated carbocycles. The molecule has 0 aliphatic heterocycles. The summed E-state index contributed by atoms with van der Waals surface area (Å²) in [5.74, 6) is 5.24. The maximum atomic E-state index is 5.79. The van der Waals surface area contributed by atoms with Crippen LogP contribution in [0.2, 0.25) is 0 Å². The van der Waals surface area contributed by atoms with Crippen molar-refractivity contribution in [3.05, 3.63) is 237 Å². The Kier molecular flexibility index (Phi) is 20.0. The zero-order valence-corrected chi connectivity index (χ0v) is 50.8. The average Bonchev–Trinajstić information content (AvgIpc) is 2.26. The number of methoxy groups -OCH3 is 8. The Hall–Kier alpha value is -10.5. The number of ether oxygens (including phenoxy) is 8. The first-order valence-corrected chi connectivity index (χ1v) is 26.7. The van der Waals surface area contributed by atoms with E-state index in [1.807, 2.05) is 158 Å². The van der Waals surface area contributed by atoms with Crippen molar-refractivity contribution < 1.29 is 67.1 Å². The molecule has 0 N–H and O–H groups in total. The molecule has 12 rings (SSSR count). The maximum Gasteiger partial charge on any atom is 0.268 e. The summed E-state index contributed by atoms with van der Waals surface area (Å²) in [4.78, 5) is 4.08. The van der Waals surface area contributed by atoms with Gasteiger partial charge in [0.25, 0.3) is 12.7 Å². The van der Waals surface area contributed by atoms with E-state index in [2.05, 4.69) is 93.7 Å². The fourth-order valence-electron chi connectivity index (χ4n) is 9.49. The number of benzene rings is 8. The first-order valence-electron chi connectivity index (χ1n) is 26.7. The minimum atomic E-state index is 0. The molecule has 4 heterocycles. The zero-order valence-electron chi connectivity index (χ0n) is 48.4. The molecule has 0 fully saturated rings. The number of hydrogen-bond acceptors (Lipinski definition) is 11. The van der Waals surface area contributed by atoms with Crippen LogP contribution >= 0.6 is 0 Å². The van der Waals surface area contributed by atoms with Crippen molar-refractivity contribution in [3.8, 4) is 125 Å². The summed E-state index contributed by atoms with van der Waals surface area (Å²) < 4.78 is 52.8. The van der Waals surface area contributed by atoms with E-state index in [1.165, 1.54) is 0 Å². The van der Waals surface area contributed by atoms with Crippen LogP contribution in [0.5, 0.6) is 46.0 Å². The van der Waals surface area contributed by atoms with E-state index >= 15 is 0 Å². The molecule has 16 nitrogen and oxygen atoms in total. The van der Waals surface area contributed by atoms with Crippen LogP contribution in [0.25, 0.3) is 79.2 Å². The van der Waals surface area contributed by atoms with Gasteiger partial charge in [-0.2, -0.15) is 12.1 Å². The molecule has 86 heavy (non-hydrogen) atoms. The van der Waals surface area contributed by atoms with Crippen LogP contribution in [-0.4, -0.2) is 81.3 Å². The molecule has 0 spiro atoms. The predicted octanol–water partition coefficient (Wildman–Crippen LogP) is 11.9. The van der Waals surface area contributed by atoms with Gasteiger partial charge in [0.15, 0.2) is 0 Å². The van der Waals surface area contributed by atoms with Crippen LogP contribution in [-0.2, 0) is 20.1 Å². The minimum Gasteiger partial charge on any atom is -0.558 e. The molecule has 0 aliphatic rings. The molecule has 0 atom stereocenters. The van der Waals surface area contributed by atoms with Gasteiger partial charge in [0.1, 0.15) is 34.4 Å². The molecule has 1 radical (unpaired) electrons. The average molecular weight is 1320 g/mol. The van der Waals surface area contributed by atoms with Crippen LogP contribution < -0.4 is 52.1 Å². The topological polar surface area (TPSA) is 144 Å². The molecular weight excluding hydrogens is 1260 g/mol. The van der Waals surface area contributed by atoms with Gasteiger partial charge in [-0.25, -0.2) is 0 Å². The number of aromatic nitrogens is 8. The normalized spacial score (nSPS) is 10.5. The van der Waals surface area contributed by atoms with Crippen LogP contribution in [0.1, 0.15) is 0 Å². The number of imidazole rings is 2. The van der Waals surface area contributed by atoms with Gasteiger partial charge in [0, 0.05) is 61.4 Å². The summed E-state index contributed by atoms with van der Waals surface area (Å²) in [7, 11) is 13.1. The summed E-state index contributed by atoms with van der Waals surface area (Å²) in [6.45, 7) is 0. The second-order valence-corrected chi connectivity index (χ2v) is 18.4. The summed E-state index contributed by atoms with van der Waals surface area (Å²) >= 11 is 0. The van der Waals surface area contributed by atoms with E-state index in [9.17, 15) is 0 Å². The number of rotatable bonds is 17. The van der Waals surface area contributed by atoms with E-state index in [0.717, 1.165) is 62.1 Å². The van der Waals surface area contributed by atoms with Gasteiger partial charge in [0.05, 0.1) is 85.3 Å². The first-order chi connectivity index (χ1) is 41.8. The molecule has 17 heteroatoms. The van der Waals surface area contributed by atoms with E-state index in [4.69, 9.17) is 37.9 Å². The molecule has 435 valence electrons. The SMILES string of the molecule is COc1c[c-]c(-n2[c-][n+](-c3ccc(OC)cc3OC)c(-c3ccccc3)c2-c2ccccc2)c(OC)c1.COc1c[c-]c(-n2[c-][n+](-c3ccc(OC)cc3OC)c(-c3ccccc3)c2-c2ccccc2)c(OC)c1.[Ir].c1ccc(-c2cnn[n-]2)nc1. The largest absolute Gasteiger partial charge is 0.558 e. The fraction of sp³-hybridized carbons (Fsp3) is 0.116. The van der Waals surface area contributed by atoms with Gasteiger partial charge in [0.2, 0.25) is 0 Å². The van der Waals surface area contributed by atoms with Gasteiger partial charge < -0.3 is 57.2 Å². The monoisotopic (exact) mass is 1320 g/mol. The summed E-state index contributed by atoms with van der Waals surface area (Å²) in [5, 5.41) is 10.8. The molecule has 0 aliphatic carbocycles. The number of hydrogen-bond donors (Lipinski definition) is 0.